The maximum Gasteiger partial charge on any atom is 0.264 e. The number of sulfonamides is 1. The van der Waals surface area contributed by atoms with Gasteiger partial charge in [0.05, 0.1) is 16.7 Å². The monoisotopic (exact) mass is 494 g/mol. The number of nitrogens with zero attached hydrogens (tertiary/aromatic N) is 1. The number of amides is 1. The Labute approximate surface area is 209 Å². The van der Waals surface area contributed by atoms with Crippen LogP contribution in [0, 0.1) is 13.8 Å². The van der Waals surface area contributed by atoms with E-state index in [0.717, 1.165) is 35.3 Å². The van der Waals surface area contributed by atoms with Gasteiger partial charge in [-0.3, -0.25) is 9.10 Å². The maximum absolute atomic E-state index is 13.4. The molecule has 0 saturated heterocycles. The zero-order chi connectivity index (χ0) is 25.4. The number of nitrogens with one attached hydrogen (secondary N) is 1. The molecule has 3 aromatic rings. The lowest BCUT2D eigenvalue weighted by Crippen LogP contribution is -2.41. The first-order valence-electron chi connectivity index (χ1n) is 11.8. The summed E-state index contributed by atoms with van der Waals surface area (Å²) in [6.07, 6.45) is 1.61. The third kappa shape index (κ3) is 7.33. The first-order valence-corrected chi connectivity index (χ1v) is 13.3. The van der Waals surface area contributed by atoms with E-state index in [1.807, 2.05) is 58.0 Å². The minimum absolute atomic E-state index is 0.108. The number of rotatable bonds is 11. The van der Waals surface area contributed by atoms with Crippen LogP contribution in [0.4, 0.5) is 5.69 Å². The molecule has 0 radical (unpaired) electrons. The van der Waals surface area contributed by atoms with Gasteiger partial charge >= 0.3 is 0 Å². The van der Waals surface area contributed by atoms with Crippen LogP contribution in [0.25, 0.3) is 0 Å². The van der Waals surface area contributed by atoms with E-state index in [4.69, 9.17) is 4.74 Å². The summed E-state index contributed by atoms with van der Waals surface area (Å²) in [6, 6.07) is 21.5. The minimum atomic E-state index is -3.91. The number of ether oxygens (including phenoxy) is 1. The summed E-state index contributed by atoms with van der Waals surface area (Å²) in [4.78, 5) is 13.0. The molecular weight excluding hydrogens is 460 g/mol. The van der Waals surface area contributed by atoms with E-state index in [0.29, 0.717) is 12.2 Å². The highest BCUT2D eigenvalue weighted by Crippen LogP contribution is 2.25. The average molecular weight is 495 g/mol. The Bertz CT molecular complexity index is 1240. The Hall–Kier alpha value is -3.32. The van der Waals surface area contributed by atoms with Crippen LogP contribution < -0.4 is 14.4 Å². The second kappa shape index (κ2) is 11.9. The Morgan fingerprint density at radius 1 is 0.943 bits per heavy atom. The van der Waals surface area contributed by atoms with Gasteiger partial charge < -0.3 is 10.1 Å². The van der Waals surface area contributed by atoms with Crippen molar-refractivity contribution in [1.29, 1.82) is 0 Å². The predicted molar refractivity (Wildman–Crippen MR) is 140 cm³/mol. The van der Waals surface area contributed by atoms with Gasteiger partial charge in [-0.1, -0.05) is 36.4 Å². The maximum atomic E-state index is 13.4. The lowest BCUT2D eigenvalue weighted by atomic mass is 10.1. The molecule has 0 aliphatic heterocycles. The fraction of sp³-hybridized carbons (Fsp3) is 0.321. The molecule has 6 nitrogen and oxygen atoms in total. The quantitative estimate of drug-likeness (QED) is 0.379. The van der Waals surface area contributed by atoms with E-state index < -0.39 is 10.0 Å². The molecule has 1 amide bonds. The summed E-state index contributed by atoms with van der Waals surface area (Å²) in [5.74, 6) is 0.483. The van der Waals surface area contributed by atoms with Crippen molar-refractivity contribution in [2.45, 2.75) is 51.5 Å². The van der Waals surface area contributed by atoms with Gasteiger partial charge in [0.25, 0.3) is 10.0 Å². The van der Waals surface area contributed by atoms with E-state index in [2.05, 4.69) is 5.32 Å². The molecule has 0 heterocycles. The van der Waals surface area contributed by atoms with Crippen LogP contribution in [-0.2, 0) is 21.2 Å². The fourth-order valence-electron chi connectivity index (χ4n) is 3.67. The molecule has 0 atom stereocenters. The van der Waals surface area contributed by atoms with E-state index in [9.17, 15) is 13.2 Å². The Morgan fingerprint density at radius 3 is 2.37 bits per heavy atom. The van der Waals surface area contributed by atoms with Gasteiger partial charge in [0.2, 0.25) is 5.91 Å². The van der Waals surface area contributed by atoms with Gasteiger partial charge in [0.1, 0.15) is 12.3 Å². The molecule has 0 aliphatic carbocycles. The summed E-state index contributed by atoms with van der Waals surface area (Å²) in [6.45, 7) is 8.01. The first kappa shape index (κ1) is 26.3. The molecule has 0 spiro atoms. The lowest BCUT2D eigenvalue weighted by Gasteiger charge is -2.25. The third-order valence-corrected chi connectivity index (χ3v) is 7.42. The Morgan fingerprint density at radius 2 is 1.69 bits per heavy atom. The molecule has 0 bridgehead atoms. The lowest BCUT2D eigenvalue weighted by molar-refractivity contribution is -0.119. The Balaban J connectivity index is 1.66. The Kier molecular flexibility index (Phi) is 8.93. The van der Waals surface area contributed by atoms with Crippen molar-refractivity contribution in [2.24, 2.45) is 0 Å². The van der Waals surface area contributed by atoms with Gasteiger partial charge in [0.15, 0.2) is 0 Å². The fourth-order valence-corrected chi connectivity index (χ4v) is 5.10. The van der Waals surface area contributed by atoms with Crippen LogP contribution in [0.15, 0.2) is 77.7 Å². The summed E-state index contributed by atoms with van der Waals surface area (Å²) < 4.78 is 33.8. The normalized spacial score (nSPS) is 11.3. The number of hydrogen-bond acceptors (Lipinski definition) is 4. The molecule has 1 N–H and O–H groups in total. The van der Waals surface area contributed by atoms with Crippen LogP contribution in [0.1, 0.15) is 37.0 Å². The first-order chi connectivity index (χ1) is 16.7. The smallest absolute Gasteiger partial charge is 0.264 e. The van der Waals surface area contributed by atoms with Gasteiger partial charge in [-0.2, -0.15) is 0 Å². The van der Waals surface area contributed by atoms with E-state index >= 15 is 0 Å². The number of anilines is 1. The zero-order valence-corrected chi connectivity index (χ0v) is 21.6. The van der Waals surface area contributed by atoms with Crippen molar-refractivity contribution < 1.29 is 17.9 Å². The summed E-state index contributed by atoms with van der Waals surface area (Å²) in [7, 11) is -3.91. The molecule has 7 heteroatoms. The van der Waals surface area contributed by atoms with Crippen molar-refractivity contribution in [3.8, 4) is 5.75 Å². The highest BCUT2D eigenvalue weighted by atomic mass is 32.2. The molecule has 35 heavy (non-hydrogen) atoms. The molecule has 0 saturated carbocycles. The van der Waals surface area contributed by atoms with Gasteiger partial charge in [-0.05, 0) is 93.6 Å². The molecule has 0 aliphatic rings. The average Bonchev–Trinajstić information content (AvgIpc) is 2.82. The molecule has 3 rings (SSSR count). The SMILES string of the molecule is Cc1ccc(N(CC(=O)NCCCc2cccc(OC(C)C)c2)S(=O)(=O)c2ccccc2)cc1C. The van der Waals surface area contributed by atoms with Gasteiger partial charge in [-0.15, -0.1) is 0 Å². The standard InChI is InChI=1S/C28H34N2O4S/c1-21(2)34-26-12-8-10-24(19-26)11-9-17-29-28(31)20-30(25-16-15-22(3)23(4)18-25)35(32,33)27-13-6-5-7-14-27/h5-8,10,12-16,18-19,21H,9,11,17,20H2,1-4H3,(H,29,31). The highest BCUT2D eigenvalue weighted by molar-refractivity contribution is 7.92. The summed E-state index contributed by atoms with van der Waals surface area (Å²) >= 11 is 0. The molecule has 3 aromatic carbocycles. The van der Waals surface area contributed by atoms with E-state index in [-0.39, 0.29) is 23.5 Å². The largest absolute Gasteiger partial charge is 0.491 e. The van der Waals surface area contributed by atoms with Crippen molar-refractivity contribution in [1.82, 2.24) is 5.32 Å². The second-order valence-electron chi connectivity index (χ2n) is 8.86. The third-order valence-electron chi connectivity index (χ3n) is 5.63. The van der Waals surface area contributed by atoms with Crippen LogP contribution in [0.3, 0.4) is 0 Å². The number of carbonyl (C=O) groups excluding carboxylic acids is 1. The minimum Gasteiger partial charge on any atom is -0.491 e. The van der Waals surface area contributed by atoms with Crippen molar-refractivity contribution >= 4 is 21.6 Å². The van der Waals surface area contributed by atoms with Crippen LogP contribution in [-0.4, -0.2) is 33.5 Å². The van der Waals surface area contributed by atoms with Gasteiger partial charge in [0, 0.05) is 6.54 Å². The van der Waals surface area contributed by atoms with Crippen LogP contribution in [0.2, 0.25) is 0 Å². The van der Waals surface area contributed by atoms with Crippen LogP contribution >= 0.6 is 0 Å². The molecule has 0 unspecified atom stereocenters. The zero-order valence-electron chi connectivity index (χ0n) is 20.8. The topological polar surface area (TPSA) is 75.7 Å². The number of aryl methyl sites for hydroxylation is 3. The van der Waals surface area contributed by atoms with Crippen molar-refractivity contribution in [3.63, 3.8) is 0 Å². The summed E-state index contributed by atoms with van der Waals surface area (Å²) in [5.41, 5.74) is 3.60. The van der Waals surface area contributed by atoms with Crippen molar-refractivity contribution in [3.05, 3.63) is 89.5 Å². The van der Waals surface area contributed by atoms with E-state index in [1.165, 1.54) is 4.31 Å². The molecule has 0 aromatic heterocycles. The summed E-state index contributed by atoms with van der Waals surface area (Å²) in [5, 5.41) is 2.87. The molecule has 186 valence electrons. The molecule has 0 fully saturated rings. The van der Waals surface area contributed by atoms with Gasteiger partial charge in [-0.25, -0.2) is 8.42 Å². The van der Waals surface area contributed by atoms with Crippen LogP contribution in [0.5, 0.6) is 5.75 Å². The second-order valence-corrected chi connectivity index (χ2v) is 10.7. The predicted octanol–water partition coefficient (Wildman–Crippen LogP) is 5.03. The highest BCUT2D eigenvalue weighted by Gasteiger charge is 2.27. The van der Waals surface area contributed by atoms with E-state index in [1.54, 1.807) is 42.5 Å². The number of benzene rings is 3. The number of hydrogen-bond donors (Lipinski definition) is 1. The van der Waals surface area contributed by atoms with Crippen molar-refractivity contribution in [2.75, 3.05) is 17.4 Å². The number of carbonyl (C=O) groups is 1. The molecular formula is C28H34N2O4S.